The van der Waals surface area contributed by atoms with E-state index in [-0.39, 0.29) is 11.3 Å². The number of carbonyl (C=O) groups is 1. The van der Waals surface area contributed by atoms with Gasteiger partial charge < -0.3 is 5.32 Å². The maximum atomic E-state index is 12.8. The molecule has 3 aromatic rings. The summed E-state index contributed by atoms with van der Waals surface area (Å²) >= 11 is 1.64. The maximum Gasteiger partial charge on any atom is 0.220 e. The van der Waals surface area contributed by atoms with Gasteiger partial charge in [0, 0.05) is 29.6 Å². The first-order valence-corrected chi connectivity index (χ1v) is 11.0. The summed E-state index contributed by atoms with van der Waals surface area (Å²) in [6, 6.07) is 8.23. The third-order valence-corrected chi connectivity index (χ3v) is 6.63. The molecule has 7 nitrogen and oxygen atoms in total. The van der Waals surface area contributed by atoms with Crippen LogP contribution in [0.5, 0.6) is 0 Å². The van der Waals surface area contributed by atoms with Crippen molar-refractivity contribution in [1.82, 2.24) is 30.5 Å². The highest BCUT2D eigenvalue weighted by Gasteiger charge is 2.35. The zero-order valence-electron chi connectivity index (χ0n) is 16.7. The van der Waals surface area contributed by atoms with Crippen LogP contribution in [0, 0.1) is 12.3 Å². The number of carbonyl (C=O) groups excluding carboxylic acids is 1. The van der Waals surface area contributed by atoms with E-state index in [2.05, 4.69) is 43.3 Å². The Balaban J connectivity index is 1.38. The van der Waals surface area contributed by atoms with Gasteiger partial charge >= 0.3 is 0 Å². The summed E-state index contributed by atoms with van der Waals surface area (Å²) in [7, 11) is 0. The summed E-state index contributed by atoms with van der Waals surface area (Å²) in [4.78, 5) is 17.3. The Kier molecular flexibility index (Phi) is 5.99. The largest absolute Gasteiger partial charge is 0.352 e. The normalized spacial score (nSPS) is 15.9. The average molecular weight is 411 g/mol. The Morgan fingerprint density at radius 1 is 1.28 bits per heavy atom. The monoisotopic (exact) mass is 410 g/mol. The highest BCUT2D eigenvalue weighted by molar-refractivity contribution is 7.13. The molecule has 0 aliphatic heterocycles. The van der Waals surface area contributed by atoms with Crippen molar-refractivity contribution in [2.24, 2.45) is 5.41 Å². The van der Waals surface area contributed by atoms with E-state index in [4.69, 9.17) is 0 Å². The molecule has 4 rings (SSSR count). The maximum absolute atomic E-state index is 12.8. The standard InChI is InChI=1S/C21H26N6OS/c1-16-13-29-20(24-16)18-7-5-6-17(10-18)12-22-19(28)11-21(8-3-2-4-9-21)14-27-15-23-25-26-27/h5-7,10,13,15H,2-4,8-9,11-12,14H2,1H3,(H,22,28). The molecule has 0 spiro atoms. The lowest BCUT2D eigenvalue weighted by molar-refractivity contribution is -0.124. The van der Waals surface area contributed by atoms with Gasteiger partial charge in [-0.1, -0.05) is 37.5 Å². The van der Waals surface area contributed by atoms with Crippen LogP contribution in [-0.2, 0) is 17.9 Å². The van der Waals surface area contributed by atoms with Gasteiger partial charge in [0.2, 0.25) is 5.91 Å². The van der Waals surface area contributed by atoms with E-state index in [9.17, 15) is 4.79 Å². The minimum Gasteiger partial charge on any atom is -0.352 e. The lowest BCUT2D eigenvalue weighted by atomic mass is 9.71. The molecule has 0 unspecified atom stereocenters. The molecule has 1 aromatic carbocycles. The van der Waals surface area contributed by atoms with Crippen LogP contribution in [-0.4, -0.2) is 31.1 Å². The first-order chi connectivity index (χ1) is 14.1. The molecule has 1 saturated carbocycles. The topological polar surface area (TPSA) is 85.6 Å². The van der Waals surface area contributed by atoms with Gasteiger partial charge in [-0.15, -0.1) is 16.4 Å². The molecule has 0 radical (unpaired) electrons. The number of aromatic nitrogens is 5. The van der Waals surface area contributed by atoms with E-state index in [0.29, 0.717) is 19.5 Å². The molecule has 0 bridgehead atoms. The molecule has 2 aromatic heterocycles. The molecule has 1 aliphatic rings. The third kappa shape index (κ3) is 5.06. The van der Waals surface area contributed by atoms with Crippen molar-refractivity contribution >= 4 is 17.2 Å². The number of benzene rings is 1. The summed E-state index contributed by atoms with van der Waals surface area (Å²) in [5.74, 6) is 0.0930. The number of amides is 1. The van der Waals surface area contributed by atoms with Crippen molar-refractivity contribution in [2.45, 2.75) is 58.5 Å². The predicted octanol–water partition coefficient (Wildman–Crippen LogP) is 3.76. The minimum absolute atomic E-state index is 0.0576. The van der Waals surface area contributed by atoms with Crippen LogP contribution in [0.25, 0.3) is 10.6 Å². The average Bonchev–Trinajstić information content (AvgIpc) is 3.39. The van der Waals surface area contributed by atoms with Gasteiger partial charge in [0.1, 0.15) is 11.3 Å². The second-order valence-electron chi connectivity index (χ2n) is 8.02. The fourth-order valence-corrected chi connectivity index (χ4v) is 4.99. The smallest absolute Gasteiger partial charge is 0.220 e. The fraction of sp³-hybridized carbons (Fsp3) is 0.476. The molecule has 8 heteroatoms. The van der Waals surface area contributed by atoms with Crippen molar-refractivity contribution in [1.29, 1.82) is 0 Å². The van der Waals surface area contributed by atoms with Crippen molar-refractivity contribution in [2.75, 3.05) is 0 Å². The number of nitrogens with one attached hydrogen (secondary N) is 1. The van der Waals surface area contributed by atoms with Crippen molar-refractivity contribution < 1.29 is 4.79 Å². The lowest BCUT2D eigenvalue weighted by Gasteiger charge is -2.36. The number of aryl methyl sites for hydroxylation is 1. The van der Waals surface area contributed by atoms with Gasteiger partial charge in [-0.3, -0.25) is 4.79 Å². The molecule has 0 saturated heterocycles. The number of rotatable bonds is 7. The summed E-state index contributed by atoms with van der Waals surface area (Å²) in [5, 5.41) is 17.7. The number of thiazole rings is 1. The van der Waals surface area contributed by atoms with E-state index in [1.807, 2.05) is 19.1 Å². The Morgan fingerprint density at radius 3 is 2.86 bits per heavy atom. The van der Waals surface area contributed by atoms with Crippen molar-refractivity contribution in [3.63, 3.8) is 0 Å². The van der Waals surface area contributed by atoms with Gasteiger partial charge in [-0.25, -0.2) is 9.67 Å². The molecule has 2 heterocycles. The van der Waals surface area contributed by atoms with Gasteiger partial charge in [-0.05, 0) is 47.2 Å². The van der Waals surface area contributed by atoms with E-state index in [0.717, 1.165) is 47.5 Å². The molecule has 1 N–H and O–H groups in total. The summed E-state index contributed by atoms with van der Waals surface area (Å²) < 4.78 is 1.76. The molecular formula is C21H26N6OS. The summed E-state index contributed by atoms with van der Waals surface area (Å²) in [6.45, 7) is 3.23. The van der Waals surface area contributed by atoms with Gasteiger partial charge in [0.25, 0.3) is 0 Å². The van der Waals surface area contributed by atoms with Crippen LogP contribution < -0.4 is 5.32 Å². The second-order valence-corrected chi connectivity index (χ2v) is 8.87. The molecule has 1 aliphatic carbocycles. The van der Waals surface area contributed by atoms with Crippen molar-refractivity contribution in [3.8, 4) is 10.6 Å². The van der Waals surface area contributed by atoms with Crippen LogP contribution >= 0.6 is 11.3 Å². The molecule has 152 valence electrons. The quantitative estimate of drug-likeness (QED) is 0.641. The third-order valence-electron chi connectivity index (χ3n) is 5.62. The number of nitrogens with zero attached hydrogens (tertiary/aromatic N) is 5. The molecule has 1 amide bonds. The highest BCUT2D eigenvalue weighted by Crippen LogP contribution is 2.40. The molecule has 0 atom stereocenters. The number of hydrogen-bond donors (Lipinski definition) is 1. The van der Waals surface area contributed by atoms with Crippen LogP contribution in [0.4, 0.5) is 0 Å². The highest BCUT2D eigenvalue weighted by atomic mass is 32.1. The summed E-state index contributed by atoms with van der Waals surface area (Å²) in [5.41, 5.74) is 3.15. The zero-order valence-corrected chi connectivity index (χ0v) is 17.5. The Morgan fingerprint density at radius 2 is 2.14 bits per heavy atom. The van der Waals surface area contributed by atoms with Crippen LogP contribution in [0.2, 0.25) is 0 Å². The van der Waals surface area contributed by atoms with E-state index in [1.54, 1.807) is 22.3 Å². The summed E-state index contributed by atoms with van der Waals surface area (Å²) in [6.07, 6.45) is 7.79. The van der Waals surface area contributed by atoms with Gasteiger partial charge in [0.15, 0.2) is 0 Å². The number of hydrogen-bond acceptors (Lipinski definition) is 6. The Hall–Kier alpha value is -2.61. The molecule has 29 heavy (non-hydrogen) atoms. The fourth-order valence-electron chi connectivity index (χ4n) is 4.19. The molecule has 1 fully saturated rings. The first kappa shape index (κ1) is 19.7. The molecular weight excluding hydrogens is 384 g/mol. The Bertz CT molecular complexity index is 946. The van der Waals surface area contributed by atoms with Gasteiger partial charge in [0.05, 0.1) is 6.54 Å². The van der Waals surface area contributed by atoms with Crippen LogP contribution in [0.1, 0.15) is 49.8 Å². The first-order valence-electron chi connectivity index (χ1n) is 10.1. The van der Waals surface area contributed by atoms with Gasteiger partial charge in [-0.2, -0.15) is 0 Å². The number of tetrazole rings is 1. The predicted molar refractivity (Wildman–Crippen MR) is 112 cm³/mol. The van der Waals surface area contributed by atoms with Crippen molar-refractivity contribution in [3.05, 3.63) is 47.2 Å². The SMILES string of the molecule is Cc1csc(-c2cccc(CNC(=O)CC3(Cn4cnnn4)CCCCC3)c2)n1. The van der Waals surface area contributed by atoms with E-state index < -0.39 is 0 Å². The second kappa shape index (κ2) is 8.82. The van der Waals surface area contributed by atoms with Crippen LogP contribution in [0.3, 0.4) is 0 Å². The van der Waals surface area contributed by atoms with E-state index in [1.165, 1.54) is 6.42 Å². The van der Waals surface area contributed by atoms with E-state index >= 15 is 0 Å². The minimum atomic E-state index is -0.0576. The Labute approximate surface area is 174 Å². The van der Waals surface area contributed by atoms with Crippen LogP contribution in [0.15, 0.2) is 36.0 Å². The zero-order chi connectivity index (χ0) is 20.1. The lowest BCUT2D eigenvalue weighted by Crippen LogP contribution is -2.36.